The number of nitriles is 1. The maximum Gasteiger partial charge on any atom is 0.414 e. The number of ether oxygens (including phenoxy) is 1. The van der Waals surface area contributed by atoms with E-state index >= 15 is 0 Å². The predicted molar refractivity (Wildman–Crippen MR) is 96.7 cm³/mol. The van der Waals surface area contributed by atoms with E-state index in [-0.39, 0.29) is 36.8 Å². The number of nitrogens with one attached hydrogen (secondary N) is 1. The fraction of sp³-hybridized carbons (Fsp3) is 0.526. The molecule has 2 heterocycles. The normalized spacial score (nSPS) is 21.0. The van der Waals surface area contributed by atoms with Gasteiger partial charge in [0.15, 0.2) is 0 Å². The highest BCUT2D eigenvalue weighted by atomic mass is 19.1. The van der Waals surface area contributed by atoms with E-state index in [1.807, 2.05) is 0 Å². The third-order valence-electron chi connectivity index (χ3n) is 5.13. The summed E-state index contributed by atoms with van der Waals surface area (Å²) < 4.78 is 19.9. The summed E-state index contributed by atoms with van der Waals surface area (Å²) in [7, 11) is 0. The number of halogens is 1. The molecule has 2 aliphatic heterocycles. The van der Waals surface area contributed by atoms with Crippen molar-refractivity contribution in [2.45, 2.75) is 31.7 Å². The molecule has 0 bridgehead atoms. The maximum absolute atomic E-state index is 14.8. The van der Waals surface area contributed by atoms with Gasteiger partial charge in [0.05, 0.1) is 24.3 Å². The first-order valence-electron chi connectivity index (χ1n) is 9.08. The van der Waals surface area contributed by atoms with Crippen LogP contribution in [0.2, 0.25) is 0 Å². The van der Waals surface area contributed by atoms with Gasteiger partial charge < -0.3 is 10.1 Å². The van der Waals surface area contributed by atoms with Crippen LogP contribution in [0.4, 0.5) is 14.9 Å². The Balaban J connectivity index is 1.71. The third kappa shape index (κ3) is 4.37. The number of anilines is 1. The second-order valence-electron chi connectivity index (χ2n) is 6.95. The van der Waals surface area contributed by atoms with Crippen LogP contribution >= 0.6 is 0 Å². The van der Waals surface area contributed by atoms with E-state index < -0.39 is 6.09 Å². The quantitative estimate of drug-likeness (QED) is 0.797. The summed E-state index contributed by atoms with van der Waals surface area (Å²) in [4.78, 5) is 26.6. The molecular weight excluding hydrogens is 351 g/mol. The van der Waals surface area contributed by atoms with Crippen molar-refractivity contribution in [2.24, 2.45) is 0 Å². The molecule has 0 saturated carbocycles. The summed E-state index contributed by atoms with van der Waals surface area (Å²) in [5.74, 6) is -0.433. The van der Waals surface area contributed by atoms with E-state index in [4.69, 9.17) is 10.00 Å². The number of hydrogen-bond acceptors (Lipinski definition) is 5. The zero-order valence-corrected chi connectivity index (χ0v) is 15.3. The van der Waals surface area contributed by atoms with Crippen molar-refractivity contribution in [3.63, 3.8) is 0 Å². The highest BCUT2D eigenvalue weighted by molar-refractivity contribution is 5.90. The van der Waals surface area contributed by atoms with E-state index in [9.17, 15) is 14.0 Å². The van der Waals surface area contributed by atoms with Crippen molar-refractivity contribution in [1.29, 1.82) is 5.26 Å². The number of carbonyl (C=O) groups excluding carboxylic acids is 2. The lowest BCUT2D eigenvalue weighted by atomic mass is 9.89. The topological polar surface area (TPSA) is 85.7 Å². The number of rotatable bonds is 5. The lowest BCUT2D eigenvalue weighted by Gasteiger charge is -2.31. The fourth-order valence-electron chi connectivity index (χ4n) is 3.69. The first-order chi connectivity index (χ1) is 13.0. The standard InChI is InChI=1S/C19H23FN4O3/c1-13(25)22-11-16-12-27-19(26)24(16)15-2-3-17(18(20)10-15)14-4-7-23(8-5-14)9-6-21/h2-3,10,14,16H,4-5,7-9,11-12H2,1H3,(H,22,25)/t16-/m0/s1. The number of amides is 2. The first kappa shape index (κ1) is 19.1. The Bertz CT molecular complexity index is 756. The van der Waals surface area contributed by atoms with Gasteiger partial charge in [-0.2, -0.15) is 5.26 Å². The van der Waals surface area contributed by atoms with E-state index in [2.05, 4.69) is 16.3 Å². The van der Waals surface area contributed by atoms with E-state index in [0.29, 0.717) is 17.8 Å². The van der Waals surface area contributed by atoms with Gasteiger partial charge in [0.1, 0.15) is 12.4 Å². The number of likely N-dealkylation sites (tertiary alicyclic amines) is 1. The number of carbonyl (C=O) groups is 2. The molecule has 2 saturated heterocycles. The van der Waals surface area contributed by atoms with Gasteiger partial charge in [0, 0.05) is 13.5 Å². The van der Waals surface area contributed by atoms with Crippen LogP contribution in [-0.4, -0.2) is 55.7 Å². The van der Waals surface area contributed by atoms with Crippen molar-refractivity contribution in [1.82, 2.24) is 10.2 Å². The zero-order chi connectivity index (χ0) is 19.4. The Labute approximate surface area is 157 Å². The minimum atomic E-state index is -0.540. The molecular formula is C19H23FN4O3. The second-order valence-corrected chi connectivity index (χ2v) is 6.95. The van der Waals surface area contributed by atoms with Crippen LogP contribution in [0.1, 0.15) is 31.2 Å². The molecule has 3 rings (SSSR count). The average molecular weight is 374 g/mol. The van der Waals surface area contributed by atoms with Crippen molar-refractivity contribution >= 4 is 17.7 Å². The minimum Gasteiger partial charge on any atom is -0.447 e. The Hall–Kier alpha value is -2.66. The molecule has 0 aliphatic carbocycles. The Morgan fingerprint density at radius 1 is 1.41 bits per heavy atom. The summed E-state index contributed by atoms with van der Waals surface area (Å²) in [6.07, 6.45) is 1.06. The monoisotopic (exact) mass is 374 g/mol. The molecule has 0 radical (unpaired) electrons. The zero-order valence-electron chi connectivity index (χ0n) is 15.3. The molecule has 2 amide bonds. The van der Waals surface area contributed by atoms with Crippen LogP contribution in [0.25, 0.3) is 0 Å². The number of hydrogen-bond donors (Lipinski definition) is 1. The largest absolute Gasteiger partial charge is 0.447 e. The highest BCUT2D eigenvalue weighted by Crippen LogP contribution is 2.33. The second kappa shape index (κ2) is 8.35. The molecule has 1 aromatic rings. The highest BCUT2D eigenvalue weighted by Gasteiger charge is 2.35. The van der Waals surface area contributed by atoms with Gasteiger partial charge in [-0.05, 0) is 49.5 Å². The Kier molecular flexibility index (Phi) is 5.91. The molecule has 2 fully saturated rings. The molecule has 1 N–H and O–H groups in total. The van der Waals surface area contributed by atoms with Gasteiger partial charge in [-0.3, -0.25) is 14.6 Å². The molecule has 1 atom stereocenters. The van der Waals surface area contributed by atoms with Crippen LogP contribution in [0.5, 0.6) is 0 Å². The Morgan fingerprint density at radius 2 is 2.15 bits per heavy atom. The third-order valence-corrected chi connectivity index (χ3v) is 5.13. The molecule has 0 unspecified atom stereocenters. The van der Waals surface area contributed by atoms with E-state index in [1.54, 1.807) is 12.1 Å². The fourth-order valence-corrected chi connectivity index (χ4v) is 3.69. The van der Waals surface area contributed by atoms with Crippen LogP contribution < -0.4 is 10.2 Å². The average Bonchev–Trinajstić information content (AvgIpc) is 3.01. The molecule has 0 spiro atoms. The van der Waals surface area contributed by atoms with Gasteiger partial charge in [0.25, 0.3) is 0 Å². The molecule has 7 nitrogen and oxygen atoms in total. The SMILES string of the molecule is CC(=O)NC[C@H]1COC(=O)N1c1ccc(C2CCN(CC#N)CC2)c(F)c1. The van der Waals surface area contributed by atoms with Gasteiger partial charge in [-0.15, -0.1) is 0 Å². The van der Waals surface area contributed by atoms with Crippen molar-refractivity contribution in [3.8, 4) is 6.07 Å². The molecule has 144 valence electrons. The molecule has 2 aliphatic rings. The van der Waals surface area contributed by atoms with Crippen LogP contribution in [0.3, 0.4) is 0 Å². The first-order valence-corrected chi connectivity index (χ1v) is 9.08. The van der Waals surface area contributed by atoms with Gasteiger partial charge in [0.2, 0.25) is 5.91 Å². The molecule has 1 aromatic carbocycles. The van der Waals surface area contributed by atoms with E-state index in [1.165, 1.54) is 17.9 Å². The lowest BCUT2D eigenvalue weighted by molar-refractivity contribution is -0.119. The summed E-state index contributed by atoms with van der Waals surface area (Å²) in [6, 6.07) is 6.61. The summed E-state index contributed by atoms with van der Waals surface area (Å²) in [6.45, 7) is 3.76. The number of piperidine rings is 1. The van der Waals surface area contributed by atoms with Crippen molar-refractivity contribution < 1.29 is 18.7 Å². The van der Waals surface area contributed by atoms with Gasteiger partial charge in [-0.1, -0.05) is 6.07 Å². The number of nitrogens with zero attached hydrogens (tertiary/aromatic N) is 3. The maximum atomic E-state index is 14.8. The van der Waals surface area contributed by atoms with Crippen LogP contribution in [0.15, 0.2) is 18.2 Å². The molecule has 0 aromatic heterocycles. The summed E-state index contributed by atoms with van der Waals surface area (Å²) in [5, 5.41) is 11.4. The number of benzene rings is 1. The number of cyclic esters (lactones) is 1. The Morgan fingerprint density at radius 3 is 2.78 bits per heavy atom. The van der Waals surface area contributed by atoms with Crippen LogP contribution in [-0.2, 0) is 9.53 Å². The van der Waals surface area contributed by atoms with Crippen LogP contribution in [0, 0.1) is 17.1 Å². The smallest absolute Gasteiger partial charge is 0.414 e. The minimum absolute atomic E-state index is 0.106. The summed E-state index contributed by atoms with van der Waals surface area (Å²) in [5.41, 5.74) is 1.07. The van der Waals surface area contributed by atoms with Gasteiger partial charge in [-0.25, -0.2) is 9.18 Å². The molecule has 8 heteroatoms. The lowest BCUT2D eigenvalue weighted by Crippen LogP contribution is -2.42. The van der Waals surface area contributed by atoms with Gasteiger partial charge >= 0.3 is 6.09 Å². The van der Waals surface area contributed by atoms with Crippen molar-refractivity contribution in [2.75, 3.05) is 37.7 Å². The summed E-state index contributed by atoms with van der Waals surface area (Å²) >= 11 is 0. The van der Waals surface area contributed by atoms with E-state index in [0.717, 1.165) is 25.9 Å². The predicted octanol–water partition coefficient (Wildman–Crippen LogP) is 1.99. The van der Waals surface area contributed by atoms with Crippen molar-refractivity contribution in [3.05, 3.63) is 29.6 Å². The molecule has 27 heavy (non-hydrogen) atoms.